The molecule has 33 heavy (non-hydrogen) atoms. The highest BCUT2D eigenvalue weighted by Crippen LogP contribution is 2.27. The number of nitrogens with zero attached hydrogens (tertiary/aromatic N) is 2. The Kier molecular flexibility index (Phi) is 7.36. The van der Waals surface area contributed by atoms with Crippen LogP contribution in [-0.4, -0.2) is 55.9 Å². The fourth-order valence-corrected chi connectivity index (χ4v) is 3.65. The van der Waals surface area contributed by atoms with Crippen LogP contribution in [0.25, 0.3) is 0 Å². The van der Waals surface area contributed by atoms with E-state index in [9.17, 15) is 9.59 Å². The molecule has 178 valence electrons. The lowest BCUT2D eigenvalue weighted by Crippen LogP contribution is -2.50. The Labute approximate surface area is 195 Å². The summed E-state index contributed by atoms with van der Waals surface area (Å²) in [4.78, 5) is 28.8. The molecule has 1 fully saturated rings. The number of hydrogen-bond acceptors (Lipinski definition) is 5. The number of urea groups is 1. The van der Waals surface area contributed by atoms with Gasteiger partial charge in [0.15, 0.2) is 0 Å². The lowest BCUT2D eigenvalue weighted by atomic mass is 10.1. The van der Waals surface area contributed by atoms with Crippen molar-refractivity contribution < 1.29 is 19.1 Å². The summed E-state index contributed by atoms with van der Waals surface area (Å²) in [7, 11) is 1.57. The number of amides is 3. The van der Waals surface area contributed by atoms with Crippen LogP contribution >= 0.6 is 0 Å². The Balaban J connectivity index is 1.59. The van der Waals surface area contributed by atoms with E-state index in [4.69, 9.17) is 9.47 Å². The number of rotatable bonds is 4. The van der Waals surface area contributed by atoms with E-state index in [1.165, 1.54) is 0 Å². The predicted octanol–water partition coefficient (Wildman–Crippen LogP) is 5.01. The number of carbonyl (C=O) groups is 2. The van der Waals surface area contributed by atoms with Crippen LogP contribution < -0.4 is 20.3 Å². The number of piperazine rings is 1. The molecule has 0 unspecified atom stereocenters. The molecule has 0 radical (unpaired) electrons. The van der Waals surface area contributed by atoms with E-state index in [2.05, 4.69) is 15.5 Å². The molecule has 0 aromatic heterocycles. The van der Waals surface area contributed by atoms with Gasteiger partial charge >= 0.3 is 12.1 Å². The van der Waals surface area contributed by atoms with Crippen LogP contribution in [-0.2, 0) is 4.74 Å². The molecule has 0 aliphatic carbocycles. The molecular formula is C25H34N4O4. The van der Waals surface area contributed by atoms with Crippen LogP contribution in [0.4, 0.5) is 26.7 Å². The molecule has 8 nitrogen and oxygen atoms in total. The van der Waals surface area contributed by atoms with Gasteiger partial charge in [0.1, 0.15) is 11.4 Å². The van der Waals surface area contributed by atoms with Gasteiger partial charge in [-0.2, -0.15) is 0 Å². The zero-order valence-corrected chi connectivity index (χ0v) is 20.3. The van der Waals surface area contributed by atoms with Crippen molar-refractivity contribution in [2.45, 2.75) is 40.2 Å². The van der Waals surface area contributed by atoms with Gasteiger partial charge in [-0.05, 0) is 76.1 Å². The van der Waals surface area contributed by atoms with Crippen molar-refractivity contribution in [3.8, 4) is 5.75 Å². The second-order valence-corrected chi connectivity index (χ2v) is 9.24. The first kappa shape index (κ1) is 24.2. The summed E-state index contributed by atoms with van der Waals surface area (Å²) >= 11 is 0. The average Bonchev–Trinajstić information content (AvgIpc) is 2.74. The van der Waals surface area contributed by atoms with E-state index in [1.54, 1.807) is 12.0 Å². The van der Waals surface area contributed by atoms with Gasteiger partial charge < -0.3 is 29.9 Å². The molecule has 0 spiro atoms. The summed E-state index contributed by atoms with van der Waals surface area (Å²) in [6.07, 6.45) is -0.269. The zero-order chi connectivity index (χ0) is 24.2. The fourth-order valence-electron chi connectivity index (χ4n) is 3.65. The maximum absolute atomic E-state index is 12.6. The SMILES string of the molecule is COc1ccc(C)cc1NC(=O)Nc1ccc(N2CCN(C(=O)OC(C)(C)C)CC2)cc1C. The van der Waals surface area contributed by atoms with Crippen molar-refractivity contribution in [3.05, 3.63) is 47.5 Å². The van der Waals surface area contributed by atoms with Crippen LogP contribution in [0.5, 0.6) is 5.75 Å². The molecule has 1 heterocycles. The number of carbonyl (C=O) groups excluding carboxylic acids is 2. The van der Waals surface area contributed by atoms with Crippen LogP contribution in [0.1, 0.15) is 31.9 Å². The van der Waals surface area contributed by atoms with Crippen molar-refractivity contribution in [1.29, 1.82) is 0 Å². The monoisotopic (exact) mass is 454 g/mol. The van der Waals surface area contributed by atoms with E-state index >= 15 is 0 Å². The molecule has 0 bridgehead atoms. The third-order valence-electron chi connectivity index (χ3n) is 5.36. The smallest absolute Gasteiger partial charge is 0.410 e. The van der Waals surface area contributed by atoms with E-state index < -0.39 is 5.60 Å². The summed E-state index contributed by atoms with van der Waals surface area (Å²) in [5.41, 5.74) is 3.89. The first-order valence-electron chi connectivity index (χ1n) is 11.1. The van der Waals surface area contributed by atoms with Gasteiger partial charge in [-0.15, -0.1) is 0 Å². The molecule has 3 rings (SSSR count). The number of benzene rings is 2. The maximum atomic E-state index is 12.6. The Morgan fingerprint density at radius 1 is 0.909 bits per heavy atom. The van der Waals surface area contributed by atoms with Gasteiger partial charge in [0.2, 0.25) is 0 Å². The lowest BCUT2D eigenvalue weighted by Gasteiger charge is -2.37. The quantitative estimate of drug-likeness (QED) is 0.678. The van der Waals surface area contributed by atoms with Gasteiger partial charge in [-0.25, -0.2) is 9.59 Å². The normalized spacial score (nSPS) is 14.0. The molecule has 2 aromatic carbocycles. The van der Waals surface area contributed by atoms with Crippen LogP contribution in [0.2, 0.25) is 0 Å². The van der Waals surface area contributed by atoms with Gasteiger partial charge in [-0.1, -0.05) is 6.07 Å². The van der Waals surface area contributed by atoms with Crippen LogP contribution in [0.15, 0.2) is 36.4 Å². The summed E-state index contributed by atoms with van der Waals surface area (Å²) in [5.74, 6) is 0.605. The van der Waals surface area contributed by atoms with Crippen molar-refractivity contribution >= 4 is 29.2 Å². The minimum atomic E-state index is -0.495. The molecule has 1 saturated heterocycles. The second kappa shape index (κ2) is 10.0. The lowest BCUT2D eigenvalue weighted by molar-refractivity contribution is 0.0240. The standard InChI is InChI=1S/C25H34N4O4/c1-17-7-10-22(32-6)21(15-17)27-23(30)26-20-9-8-19(16-18(20)2)28-11-13-29(14-12-28)24(31)33-25(3,4)5/h7-10,15-16H,11-14H2,1-6H3,(H2,26,27,30). The van der Waals surface area contributed by atoms with E-state index in [0.717, 1.165) is 35.6 Å². The number of nitrogens with one attached hydrogen (secondary N) is 2. The van der Waals surface area contributed by atoms with Crippen LogP contribution in [0.3, 0.4) is 0 Å². The molecule has 1 aliphatic rings. The molecule has 2 aromatic rings. The largest absolute Gasteiger partial charge is 0.495 e. The molecule has 2 N–H and O–H groups in total. The minimum Gasteiger partial charge on any atom is -0.495 e. The third-order valence-corrected chi connectivity index (χ3v) is 5.36. The minimum absolute atomic E-state index is 0.269. The first-order valence-corrected chi connectivity index (χ1v) is 11.1. The van der Waals surface area contributed by atoms with E-state index in [1.807, 2.05) is 71.0 Å². The predicted molar refractivity (Wildman–Crippen MR) is 132 cm³/mol. The van der Waals surface area contributed by atoms with Gasteiger partial charge in [0, 0.05) is 37.6 Å². The number of ether oxygens (including phenoxy) is 2. The Morgan fingerprint density at radius 3 is 2.18 bits per heavy atom. The number of anilines is 3. The Bertz CT molecular complexity index is 1010. The number of aryl methyl sites for hydroxylation is 2. The maximum Gasteiger partial charge on any atom is 0.410 e. The highest BCUT2D eigenvalue weighted by Gasteiger charge is 2.26. The van der Waals surface area contributed by atoms with Crippen LogP contribution in [0, 0.1) is 13.8 Å². The van der Waals surface area contributed by atoms with Crippen molar-refractivity contribution in [2.24, 2.45) is 0 Å². The average molecular weight is 455 g/mol. The highest BCUT2D eigenvalue weighted by atomic mass is 16.6. The van der Waals surface area contributed by atoms with Crippen molar-refractivity contribution in [3.63, 3.8) is 0 Å². The van der Waals surface area contributed by atoms with E-state index in [0.29, 0.717) is 24.5 Å². The molecule has 0 saturated carbocycles. The number of methoxy groups -OCH3 is 1. The summed E-state index contributed by atoms with van der Waals surface area (Å²) in [6.45, 7) is 12.2. The highest BCUT2D eigenvalue weighted by molar-refractivity contribution is 6.01. The van der Waals surface area contributed by atoms with Gasteiger partial charge in [-0.3, -0.25) is 0 Å². The van der Waals surface area contributed by atoms with Crippen molar-refractivity contribution in [2.75, 3.05) is 48.8 Å². The molecule has 8 heteroatoms. The third kappa shape index (κ3) is 6.54. The van der Waals surface area contributed by atoms with Gasteiger partial charge in [0.05, 0.1) is 12.8 Å². The molecule has 0 atom stereocenters. The Hall–Kier alpha value is -3.42. The molecular weight excluding hydrogens is 420 g/mol. The summed E-state index contributed by atoms with van der Waals surface area (Å²) in [6, 6.07) is 11.2. The zero-order valence-electron chi connectivity index (χ0n) is 20.3. The fraction of sp³-hybridized carbons (Fsp3) is 0.440. The first-order chi connectivity index (χ1) is 15.6. The van der Waals surface area contributed by atoms with E-state index in [-0.39, 0.29) is 12.1 Å². The molecule has 3 amide bonds. The van der Waals surface area contributed by atoms with Crippen molar-refractivity contribution in [1.82, 2.24) is 4.90 Å². The topological polar surface area (TPSA) is 83.1 Å². The summed E-state index contributed by atoms with van der Waals surface area (Å²) in [5, 5.41) is 5.76. The number of hydrogen-bond donors (Lipinski definition) is 2. The Morgan fingerprint density at radius 2 is 1.58 bits per heavy atom. The molecule has 1 aliphatic heterocycles. The second-order valence-electron chi connectivity index (χ2n) is 9.24. The summed E-state index contributed by atoms with van der Waals surface area (Å²) < 4.78 is 10.8. The van der Waals surface area contributed by atoms with Gasteiger partial charge in [0.25, 0.3) is 0 Å².